The molecule has 1 heterocycles. The van der Waals surface area contributed by atoms with Gasteiger partial charge in [0.25, 0.3) is 11.6 Å². The van der Waals surface area contributed by atoms with Gasteiger partial charge in [0.1, 0.15) is 5.75 Å². The van der Waals surface area contributed by atoms with Gasteiger partial charge in [0.15, 0.2) is 5.82 Å². The van der Waals surface area contributed by atoms with Crippen LogP contribution in [0, 0.1) is 17.0 Å². The normalized spacial score (nSPS) is 10.3. The second-order valence-corrected chi connectivity index (χ2v) is 4.21. The molecular formula is C12H12N4O4. The summed E-state index contributed by atoms with van der Waals surface area (Å²) in [6.07, 6.45) is 0. The van der Waals surface area contributed by atoms with E-state index < -0.39 is 16.6 Å². The molecule has 0 unspecified atom stereocenters. The number of aromatic hydroxyl groups is 1. The van der Waals surface area contributed by atoms with Gasteiger partial charge in [0.2, 0.25) is 0 Å². The van der Waals surface area contributed by atoms with Crippen molar-refractivity contribution < 1.29 is 14.8 Å². The average molecular weight is 276 g/mol. The number of aromatic nitrogens is 2. The van der Waals surface area contributed by atoms with E-state index in [-0.39, 0.29) is 11.3 Å². The number of nitrogens with one attached hydrogen (secondary N) is 1. The number of nitro benzene ring substituents is 1. The molecule has 0 saturated carbocycles. The fourth-order valence-corrected chi connectivity index (χ4v) is 1.63. The van der Waals surface area contributed by atoms with E-state index >= 15 is 0 Å². The molecule has 8 nitrogen and oxygen atoms in total. The van der Waals surface area contributed by atoms with E-state index in [4.69, 9.17) is 0 Å². The highest BCUT2D eigenvalue weighted by Crippen LogP contribution is 2.24. The van der Waals surface area contributed by atoms with Crippen LogP contribution in [0.2, 0.25) is 0 Å². The molecular weight excluding hydrogens is 264 g/mol. The zero-order valence-corrected chi connectivity index (χ0v) is 10.8. The van der Waals surface area contributed by atoms with Crippen molar-refractivity contribution >= 4 is 17.4 Å². The highest BCUT2D eigenvalue weighted by atomic mass is 16.6. The Labute approximate surface area is 113 Å². The van der Waals surface area contributed by atoms with Crippen LogP contribution in [0.4, 0.5) is 11.5 Å². The minimum absolute atomic E-state index is 0.0566. The second-order valence-electron chi connectivity index (χ2n) is 4.21. The SMILES string of the molecule is Cc1cc(NC(=O)c2ccc([N+](=O)[O-])cc2O)nn1C. The lowest BCUT2D eigenvalue weighted by Gasteiger charge is -2.04. The fourth-order valence-electron chi connectivity index (χ4n) is 1.63. The van der Waals surface area contributed by atoms with Crippen LogP contribution in [0.3, 0.4) is 0 Å². The second kappa shape index (κ2) is 5.00. The molecule has 104 valence electrons. The van der Waals surface area contributed by atoms with Crippen LogP contribution in [-0.2, 0) is 7.05 Å². The van der Waals surface area contributed by atoms with Crippen LogP contribution in [0.15, 0.2) is 24.3 Å². The highest BCUT2D eigenvalue weighted by molar-refractivity contribution is 6.05. The molecule has 1 aromatic heterocycles. The summed E-state index contributed by atoms with van der Waals surface area (Å²) in [7, 11) is 1.73. The first-order chi connectivity index (χ1) is 9.38. The molecule has 0 saturated heterocycles. The number of benzene rings is 1. The topological polar surface area (TPSA) is 110 Å². The molecule has 0 radical (unpaired) electrons. The van der Waals surface area contributed by atoms with Gasteiger partial charge in [0, 0.05) is 24.9 Å². The maximum Gasteiger partial charge on any atom is 0.273 e. The van der Waals surface area contributed by atoms with Gasteiger partial charge in [0.05, 0.1) is 16.6 Å². The molecule has 0 bridgehead atoms. The molecule has 0 aliphatic rings. The summed E-state index contributed by atoms with van der Waals surface area (Å²) in [6.45, 7) is 1.83. The van der Waals surface area contributed by atoms with E-state index in [0.717, 1.165) is 17.8 Å². The van der Waals surface area contributed by atoms with Gasteiger partial charge in [-0.3, -0.25) is 19.6 Å². The van der Waals surface area contributed by atoms with E-state index in [1.807, 2.05) is 6.92 Å². The number of phenolic OH excluding ortho intramolecular Hbond substituents is 1. The quantitative estimate of drug-likeness (QED) is 0.653. The zero-order chi connectivity index (χ0) is 14.9. The predicted molar refractivity (Wildman–Crippen MR) is 70.7 cm³/mol. The number of hydrogen-bond acceptors (Lipinski definition) is 5. The number of nitrogens with zero attached hydrogens (tertiary/aromatic N) is 3. The van der Waals surface area contributed by atoms with Gasteiger partial charge in [-0.1, -0.05) is 0 Å². The van der Waals surface area contributed by atoms with Crippen LogP contribution < -0.4 is 5.32 Å². The van der Waals surface area contributed by atoms with Crippen LogP contribution >= 0.6 is 0 Å². The molecule has 1 amide bonds. The van der Waals surface area contributed by atoms with E-state index in [1.165, 1.54) is 6.07 Å². The molecule has 2 rings (SSSR count). The molecule has 0 fully saturated rings. The van der Waals surface area contributed by atoms with E-state index in [0.29, 0.717) is 5.82 Å². The molecule has 2 aromatic rings. The molecule has 2 N–H and O–H groups in total. The predicted octanol–water partition coefficient (Wildman–Crippen LogP) is 1.59. The summed E-state index contributed by atoms with van der Waals surface area (Å²) < 4.78 is 1.59. The average Bonchev–Trinajstić information content (AvgIpc) is 2.67. The maximum atomic E-state index is 11.9. The standard InChI is InChI=1S/C12H12N4O4/c1-7-5-11(14-15(7)2)13-12(18)9-4-3-8(16(19)20)6-10(9)17/h3-6,17H,1-2H3,(H,13,14,18). The molecule has 0 atom stereocenters. The number of carbonyl (C=O) groups is 1. The summed E-state index contributed by atoms with van der Waals surface area (Å²) in [5, 5.41) is 26.8. The Kier molecular flexibility index (Phi) is 3.38. The molecule has 0 aliphatic carbocycles. The van der Waals surface area contributed by atoms with Gasteiger partial charge in [-0.15, -0.1) is 0 Å². The van der Waals surface area contributed by atoms with Crippen molar-refractivity contribution in [1.29, 1.82) is 0 Å². The number of hydrogen-bond donors (Lipinski definition) is 2. The van der Waals surface area contributed by atoms with Crippen LogP contribution in [-0.4, -0.2) is 25.7 Å². The smallest absolute Gasteiger partial charge is 0.273 e. The van der Waals surface area contributed by atoms with Crippen molar-refractivity contribution in [3.63, 3.8) is 0 Å². The number of aryl methyl sites for hydroxylation is 2. The molecule has 1 aromatic carbocycles. The Bertz CT molecular complexity index is 673. The van der Waals surface area contributed by atoms with Gasteiger partial charge >= 0.3 is 0 Å². The third kappa shape index (κ3) is 2.58. The largest absolute Gasteiger partial charge is 0.507 e. The Morgan fingerprint density at radius 3 is 2.65 bits per heavy atom. The number of amides is 1. The molecule has 20 heavy (non-hydrogen) atoms. The summed E-state index contributed by atoms with van der Waals surface area (Å²) in [4.78, 5) is 21.8. The number of rotatable bonds is 3. The Balaban J connectivity index is 2.23. The van der Waals surface area contributed by atoms with E-state index in [2.05, 4.69) is 10.4 Å². The minimum Gasteiger partial charge on any atom is -0.507 e. The van der Waals surface area contributed by atoms with Crippen molar-refractivity contribution in [2.75, 3.05) is 5.32 Å². The molecule has 8 heteroatoms. The van der Waals surface area contributed by atoms with Crippen molar-refractivity contribution in [2.24, 2.45) is 7.05 Å². The lowest BCUT2D eigenvalue weighted by Crippen LogP contribution is -2.12. The number of phenols is 1. The van der Waals surface area contributed by atoms with E-state index in [1.54, 1.807) is 17.8 Å². The van der Waals surface area contributed by atoms with Crippen molar-refractivity contribution in [3.05, 3.63) is 45.6 Å². The Hall–Kier alpha value is -2.90. The number of non-ortho nitro benzene ring substituents is 1. The molecule has 0 aliphatic heterocycles. The first-order valence-electron chi connectivity index (χ1n) is 5.68. The summed E-state index contributed by atoms with van der Waals surface area (Å²) in [5.41, 5.74) is 0.514. The van der Waals surface area contributed by atoms with Gasteiger partial charge in [-0.25, -0.2) is 0 Å². The van der Waals surface area contributed by atoms with Crippen LogP contribution in [0.25, 0.3) is 0 Å². The number of carbonyl (C=O) groups excluding carboxylic acids is 1. The summed E-state index contributed by atoms with van der Waals surface area (Å²) >= 11 is 0. The van der Waals surface area contributed by atoms with Gasteiger partial charge in [-0.2, -0.15) is 5.10 Å². The summed E-state index contributed by atoms with van der Waals surface area (Å²) in [5.74, 6) is -0.701. The summed E-state index contributed by atoms with van der Waals surface area (Å²) in [6, 6.07) is 4.94. The fraction of sp³-hybridized carbons (Fsp3) is 0.167. The van der Waals surface area contributed by atoms with Crippen molar-refractivity contribution in [1.82, 2.24) is 9.78 Å². The lowest BCUT2D eigenvalue weighted by molar-refractivity contribution is -0.384. The maximum absolute atomic E-state index is 11.9. The first kappa shape index (κ1) is 13.5. The van der Waals surface area contributed by atoms with Crippen LogP contribution in [0.1, 0.15) is 16.1 Å². The number of anilines is 1. The van der Waals surface area contributed by atoms with Gasteiger partial charge in [-0.05, 0) is 13.0 Å². The Morgan fingerprint density at radius 2 is 2.15 bits per heavy atom. The van der Waals surface area contributed by atoms with Gasteiger partial charge < -0.3 is 10.4 Å². The Morgan fingerprint density at radius 1 is 1.45 bits per heavy atom. The van der Waals surface area contributed by atoms with Crippen molar-refractivity contribution in [2.45, 2.75) is 6.92 Å². The number of nitro groups is 1. The third-order valence-electron chi connectivity index (χ3n) is 2.79. The first-order valence-corrected chi connectivity index (χ1v) is 5.68. The lowest BCUT2D eigenvalue weighted by atomic mass is 10.1. The molecule has 0 spiro atoms. The zero-order valence-electron chi connectivity index (χ0n) is 10.8. The third-order valence-corrected chi connectivity index (χ3v) is 2.79. The highest BCUT2D eigenvalue weighted by Gasteiger charge is 2.16. The minimum atomic E-state index is -0.649. The van der Waals surface area contributed by atoms with E-state index in [9.17, 15) is 20.0 Å². The van der Waals surface area contributed by atoms with Crippen molar-refractivity contribution in [3.8, 4) is 5.75 Å². The monoisotopic (exact) mass is 276 g/mol. The van der Waals surface area contributed by atoms with Crippen LogP contribution in [0.5, 0.6) is 5.75 Å².